The Bertz CT molecular complexity index is 923. The van der Waals surface area contributed by atoms with Crippen LogP contribution in [0.3, 0.4) is 0 Å². The van der Waals surface area contributed by atoms with Crippen molar-refractivity contribution in [2.24, 2.45) is 0 Å². The summed E-state index contributed by atoms with van der Waals surface area (Å²) in [5, 5.41) is 15.0. The van der Waals surface area contributed by atoms with Gasteiger partial charge in [-0.05, 0) is 30.0 Å². The first-order valence-electron chi connectivity index (χ1n) is 7.97. The summed E-state index contributed by atoms with van der Waals surface area (Å²) in [7, 11) is 0. The van der Waals surface area contributed by atoms with E-state index in [1.807, 2.05) is 41.8 Å². The summed E-state index contributed by atoms with van der Waals surface area (Å²) in [6.45, 7) is 1.16. The normalized spacial score (nSPS) is 13.2. The fourth-order valence-electron chi connectivity index (χ4n) is 2.68. The molecule has 0 radical (unpaired) electrons. The fourth-order valence-corrected chi connectivity index (χ4v) is 3.52. The van der Waals surface area contributed by atoms with Gasteiger partial charge in [-0.1, -0.05) is 36.4 Å². The third kappa shape index (κ3) is 3.81. The molecule has 0 saturated heterocycles. The van der Waals surface area contributed by atoms with Crippen LogP contribution in [0, 0.1) is 11.6 Å². The smallest absolute Gasteiger partial charge is 0.262 e. The molecule has 2 N–H and O–H groups in total. The minimum atomic E-state index is -1.67. The predicted octanol–water partition coefficient (Wildman–Crippen LogP) is 4.33. The highest BCUT2D eigenvalue weighted by Crippen LogP contribution is 2.29. The van der Waals surface area contributed by atoms with Crippen LogP contribution in [0.15, 0.2) is 60.0 Å². The summed E-state index contributed by atoms with van der Waals surface area (Å²) in [6.07, 6.45) is 0. The first-order chi connectivity index (χ1) is 12.4. The molecule has 1 amide bonds. The Labute approximate surface area is 153 Å². The number of nitrogens with one attached hydrogen (secondary N) is 1. The van der Waals surface area contributed by atoms with Crippen LogP contribution >= 0.6 is 11.3 Å². The molecule has 1 heterocycles. The van der Waals surface area contributed by atoms with E-state index in [9.17, 15) is 18.7 Å². The number of carbonyl (C=O) groups excluding carboxylic acids is 1. The number of aliphatic hydroxyl groups is 1. The molecule has 1 atom stereocenters. The summed E-state index contributed by atoms with van der Waals surface area (Å²) in [5.41, 5.74) is -0.0398. The topological polar surface area (TPSA) is 49.3 Å². The third-order valence-electron chi connectivity index (χ3n) is 4.06. The van der Waals surface area contributed by atoms with Crippen molar-refractivity contribution in [1.29, 1.82) is 0 Å². The molecular weight excluding hydrogens is 356 g/mol. The SMILES string of the molecule is C[C@@](O)(CNC(=O)c1sccc1-c1ccccc1)c1ccc(F)cc1F. The van der Waals surface area contributed by atoms with Gasteiger partial charge in [-0.2, -0.15) is 0 Å². The number of rotatable bonds is 5. The summed E-state index contributed by atoms with van der Waals surface area (Å²) in [4.78, 5) is 13.1. The Kier molecular flexibility index (Phi) is 5.15. The molecule has 2 aromatic carbocycles. The maximum Gasteiger partial charge on any atom is 0.262 e. The molecule has 1 aromatic heterocycles. The molecule has 0 bridgehead atoms. The zero-order valence-corrected chi connectivity index (χ0v) is 14.8. The van der Waals surface area contributed by atoms with Gasteiger partial charge in [-0.25, -0.2) is 8.78 Å². The molecule has 6 heteroatoms. The molecule has 0 unspecified atom stereocenters. The van der Waals surface area contributed by atoms with Crippen molar-refractivity contribution >= 4 is 17.2 Å². The Morgan fingerprint density at radius 3 is 2.58 bits per heavy atom. The number of halogens is 2. The molecule has 3 rings (SSSR count). The van der Waals surface area contributed by atoms with Gasteiger partial charge in [0.25, 0.3) is 5.91 Å². The van der Waals surface area contributed by atoms with Gasteiger partial charge in [0.15, 0.2) is 0 Å². The van der Waals surface area contributed by atoms with Crippen LogP contribution in [0.2, 0.25) is 0 Å². The largest absolute Gasteiger partial charge is 0.383 e. The molecule has 0 saturated carbocycles. The van der Waals surface area contributed by atoms with E-state index in [0.29, 0.717) is 10.9 Å². The molecule has 0 aliphatic rings. The van der Waals surface area contributed by atoms with E-state index < -0.39 is 17.2 Å². The van der Waals surface area contributed by atoms with Gasteiger partial charge in [0, 0.05) is 17.2 Å². The molecule has 0 aliphatic heterocycles. The average Bonchev–Trinajstić information content (AvgIpc) is 3.10. The molecule has 3 nitrogen and oxygen atoms in total. The highest BCUT2D eigenvalue weighted by Gasteiger charge is 2.28. The standard InChI is InChI=1S/C20H17F2NO2S/c1-20(25,16-8-7-14(21)11-17(16)22)12-23-19(24)18-15(9-10-26-18)13-5-3-2-4-6-13/h2-11,25H,12H2,1H3,(H,23,24)/t20-/m1/s1. The van der Waals surface area contributed by atoms with Crippen LogP contribution in [-0.4, -0.2) is 17.6 Å². The van der Waals surface area contributed by atoms with Crippen LogP contribution in [0.1, 0.15) is 22.2 Å². The van der Waals surface area contributed by atoms with Crippen molar-refractivity contribution in [2.75, 3.05) is 6.54 Å². The maximum absolute atomic E-state index is 13.9. The Morgan fingerprint density at radius 1 is 1.15 bits per heavy atom. The van der Waals surface area contributed by atoms with Crippen molar-refractivity contribution < 1.29 is 18.7 Å². The number of amides is 1. The van der Waals surface area contributed by atoms with Gasteiger partial charge in [0.05, 0.1) is 11.4 Å². The zero-order valence-electron chi connectivity index (χ0n) is 14.0. The lowest BCUT2D eigenvalue weighted by Crippen LogP contribution is -2.39. The Balaban J connectivity index is 1.76. The van der Waals surface area contributed by atoms with E-state index >= 15 is 0 Å². The number of thiophene rings is 1. The number of hydrogen-bond donors (Lipinski definition) is 2. The van der Waals surface area contributed by atoms with E-state index in [0.717, 1.165) is 17.2 Å². The predicted molar refractivity (Wildman–Crippen MR) is 98.0 cm³/mol. The Hall–Kier alpha value is -2.57. The number of carbonyl (C=O) groups is 1. The van der Waals surface area contributed by atoms with Gasteiger partial charge in [-0.3, -0.25) is 4.79 Å². The van der Waals surface area contributed by atoms with Crippen LogP contribution in [-0.2, 0) is 5.60 Å². The average molecular weight is 373 g/mol. The van der Waals surface area contributed by atoms with Gasteiger partial charge in [-0.15, -0.1) is 11.3 Å². The second kappa shape index (κ2) is 7.35. The van der Waals surface area contributed by atoms with Crippen LogP contribution in [0.25, 0.3) is 11.1 Å². The monoisotopic (exact) mass is 373 g/mol. The lowest BCUT2D eigenvalue weighted by molar-refractivity contribution is 0.0495. The van der Waals surface area contributed by atoms with Gasteiger partial charge < -0.3 is 10.4 Å². The van der Waals surface area contributed by atoms with E-state index in [-0.39, 0.29) is 18.0 Å². The van der Waals surface area contributed by atoms with Crippen molar-refractivity contribution in [1.82, 2.24) is 5.32 Å². The lowest BCUT2D eigenvalue weighted by Gasteiger charge is -2.24. The minimum Gasteiger partial charge on any atom is -0.383 e. The first-order valence-corrected chi connectivity index (χ1v) is 8.85. The summed E-state index contributed by atoms with van der Waals surface area (Å²) in [5.74, 6) is -1.94. The third-order valence-corrected chi connectivity index (χ3v) is 4.97. The second-order valence-corrected chi connectivity index (χ2v) is 7.03. The quantitative estimate of drug-likeness (QED) is 0.699. The van der Waals surface area contributed by atoms with Crippen molar-refractivity contribution in [3.8, 4) is 11.1 Å². The zero-order chi connectivity index (χ0) is 18.7. The lowest BCUT2D eigenvalue weighted by atomic mass is 9.95. The van der Waals surface area contributed by atoms with Crippen molar-refractivity contribution in [3.05, 3.63) is 82.1 Å². The summed E-state index contributed by atoms with van der Waals surface area (Å²) < 4.78 is 27.0. The van der Waals surface area contributed by atoms with E-state index in [1.54, 1.807) is 0 Å². The highest BCUT2D eigenvalue weighted by atomic mass is 32.1. The van der Waals surface area contributed by atoms with E-state index in [1.165, 1.54) is 24.3 Å². The summed E-state index contributed by atoms with van der Waals surface area (Å²) in [6, 6.07) is 14.3. The minimum absolute atomic E-state index is 0.0753. The van der Waals surface area contributed by atoms with E-state index in [4.69, 9.17) is 0 Å². The fraction of sp³-hybridized carbons (Fsp3) is 0.150. The number of hydrogen-bond acceptors (Lipinski definition) is 3. The van der Waals surface area contributed by atoms with Gasteiger partial charge in [0.1, 0.15) is 17.2 Å². The van der Waals surface area contributed by atoms with Crippen molar-refractivity contribution in [3.63, 3.8) is 0 Å². The van der Waals surface area contributed by atoms with Gasteiger partial charge in [0.2, 0.25) is 0 Å². The van der Waals surface area contributed by atoms with E-state index in [2.05, 4.69) is 5.32 Å². The summed E-state index contributed by atoms with van der Waals surface area (Å²) >= 11 is 1.29. The molecule has 0 spiro atoms. The Morgan fingerprint density at radius 2 is 1.88 bits per heavy atom. The molecule has 0 fully saturated rings. The van der Waals surface area contributed by atoms with Crippen LogP contribution in [0.5, 0.6) is 0 Å². The first kappa shape index (κ1) is 18.2. The van der Waals surface area contributed by atoms with Gasteiger partial charge >= 0.3 is 0 Å². The second-order valence-electron chi connectivity index (χ2n) is 6.11. The van der Waals surface area contributed by atoms with Crippen LogP contribution < -0.4 is 5.32 Å². The molecule has 3 aromatic rings. The molecule has 134 valence electrons. The molecule has 26 heavy (non-hydrogen) atoms. The number of benzene rings is 2. The molecular formula is C20H17F2NO2S. The maximum atomic E-state index is 13.9. The molecule has 0 aliphatic carbocycles. The highest BCUT2D eigenvalue weighted by molar-refractivity contribution is 7.12. The van der Waals surface area contributed by atoms with Crippen LogP contribution in [0.4, 0.5) is 8.78 Å². The van der Waals surface area contributed by atoms with Crippen molar-refractivity contribution in [2.45, 2.75) is 12.5 Å².